The van der Waals surface area contributed by atoms with Crippen LogP contribution in [0.15, 0.2) is 12.3 Å². The first kappa shape index (κ1) is 15.8. The minimum absolute atomic E-state index is 0.155. The zero-order valence-electron chi connectivity index (χ0n) is 12.0. The number of alkyl halides is 2. The van der Waals surface area contributed by atoms with E-state index in [0.29, 0.717) is 26.1 Å². The molecular weight excluding hydrogens is 282 g/mol. The number of rotatable bonds is 6. The monoisotopic (exact) mass is 302 g/mol. The van der Waals surface area contributed by atoms with E-state index in [9.17, 15) is 13.6 Å². The molecule has 8 heteroatoms. The van der Waals surface area contributed by atoms with Gasteiger partial charge in [-0.1, -0.05) is 0 Å². The number of ether oxygens (including phenoxy) is 1. The molecule has 0 saturated carbocycles. The fourth-order valence-corrected chi connectivity index (χ4v) is 2.30. The van der Waals surface area contributed by atoms with Crippen LogP contribution in [0.3, 0.4) is 0 Å². The smallest absolute Gasteiger partial charge is 0.251 e. The Balaban J connectivity index is 1.80. The lowest BCUT2D eigenvalue weighted by Crippen LogP contribution is -2.55. The fourth-order valence-electron chi connectivity index (χ4n) is 2.30. The van der Waals surface area contributed by atoms with Crippen molar-refractivity contribution in [2.45, 2.75) is 18.9 Å². The van der Waals surface area contributed by atoms with Gasteiger partial charge in [0.25, 0.3) is 6.43 Å². The number of carbonyl (C=O) groups excluding carboxylic acids is 1. The van der Waals surface area contributed by atoms with Crippen LogP contribution in [-0.4, -0.2) is 65.9 Å². The molecule has 1 fully saturated rings. The molecule has 1 saturated heterocycles. The van der Waals surface area contributed by atoms with Crippen LogP contribution >= 0.6 is 0 Å². The van der Waals surface area contributed by atoms with E-state index in [2.05, 4.69) is 10.4 Å². The van der Waals surface area contributed by atoms with Gasteiger partial charge in [0.1, 0.15) is 6.04 Å². The Morgan fingerprint density at radius 3 is 3.10 bits per heavy atom. The van der Waals surface area contributed by atoms with Gasteiger partial charge in [0, 0.05) is 32.8 Å². The van der Waals surface area contributed by atoms with Crippen molar-refractivity contribution in [2.24, 2.45) is 7.05 Å². The maximum Gasteiger partial charge on any atom is 0.251 e. The van der Waals surface area contributed by atoms with Crippen molar-refractivity contribution in [3.8, 4) is 0 Å². The van der Waals surface area contributed by atoms with Gasteiger partial charge in [0.05, 0.1) is 25.5 Å². The first-order chi connectivity index (χ1) is 10.1. The molecule has 118 valence electrons. The van der Waals surface area contributed by atoms with E-state index >= 15 is 0 Å². The number of nitrogens with zero attached hydrogens (tertiary/aromatic N) is 3. The summed E-state index contributed by atoms with van der Waals surface area (Å²) in [5.74, 6) is -0.272. The highest BCUT2D eigenvalue weighted by Crippen LogP contribution is 2.10. The van der Waals surface area contributed by atoms with Crippen molar-refractivity contribution < 1.29 is 18.3 Å². The number of morpholine rings is 1. The van der Waals surface area contributed by atoms with E-state index < -0.39 is 19.0 Å². The third-order valence-corrected chi connectivity index (χ3v) is 3.36. The molecule has 2 rings (SSSR count). The van der Waals surface area contributed by atoms with Crippen LogP contribution in [0.2, 0.25) is 0 Å². The minimum Gasteiger partial charge on any atom is -0.378 e. The Morgan fingerprint density at radius 1 is 1.62 bits per heavy atom. The molecule has 1 amide bonds. The molecule has 1 N–H and O–H groups in total. The Morgan fingerprint density at radius 2 is 2.43 bits per heavy atom. The highest BCUT2D eigenvalue weighted by Gasteiger charge is 2.30. The van der Waals surface area contributed by atoms with Crippen LogP contribution in [0.5, 0.6) is 0 Å². The van der Waals surface area contributed by atoms with Crippen molar-refractivity contribution >= 4 is 5.91 Å². The fraction of sp³-hybridized carbons (Fsp3) is 0.692. The number of aryl methyl sites for hydroxylation is 1. The number of nitrogens with one attached hydrogen (secondary N) is 1. The molecule has 0 radical (unpaired) electrons. The van der Waals surface area contributed by atoms with Crippen molar-refractivity contribution in [3.63, 3.8) is 0 Å². The summed E-state index contributed by atoms with van der Waals surface area (Å²) in [6, 6.07) is 1.23. The Labute approximate surface area is 122 Å². The van der Waals surface area contributed by atoms with Crippen LogP contribution < -0.4 is 5.32 Å². The maximum atomic E-state index is 12.5. The van der Waals surface area contributed by atoms with Crippen molar-refractivity contribution in [1.29, 1.82) is 0 Å². The molecule has 1 atom stereocenters. The Hall–Kier alpha value is -1.54. The molecule has 21 heavy (non-hydrogen) atoms. The molecular formula is C13H20F2N4O2. The number of carbonyl (C=O) groups is 1. The highest BCUT2D eigenvalue weighted by atomic mass is 19.3. The average Bonchev–Trinajstić information content (AvgIpc) is 2.84. The average molecular weight is 302 g/mol. The molecule has 1 aliphatic rings. The van der Waals surface area contributed by atoms with Gasteiger partial charge in [-0.05, 0) is 6.07 Å². The standard InChI is InChI=1S/C13H20F2N4O2/c1-18-5-3-10(17-18)2-4-16-13(20)11-9-21-7-6-19(11)8-12(14)15/h3,5,11-12H,2,4,6-9H2,1H3,(H,16,20)/t11-/m0/s1. The normalized spacial score (nSPS) is 19.9. The summed E-state index contributed by atoms with van der Waals surface area (Å²) in [6.07, 6.45) is -0.0159. The van der Waals surface area contributed by atoms with Gasteiger partial charge in [-0.25, -0.2) is 8.78 Å². The molecule has 0 aromatic carbocycles. The molecule has 1 aromatic heterocycles. The third kappa shape index (κ3) is 4.75. The minimum atomic E-state index is -2.45. The molecule has 1 aliphatic heterocycles. The van der Waals surface area contributed by atoms with Crippen LogP contribution in [0.4, 0.5) is 8.78 Å². The van der Waals surface area contributed by atoms with E-state index in [1.54, 1.807) is 4.68 Å². The molecule has 6 nitrogen and oxygen atoms in total. The van der Waals surface area contributed by atoms with E-state index in [4.69, 9.17) is 4.74 Å². The van der Waals surface area contributed by atoms with Crippen LogP contribution in [0.25, 0.3) is 0 Å². The largest absolute Gasteiger partial charge is 0.378 e. The van der Waals surface area contributed by atoms with Gasteiger partial charge in [0.2, 0.25) is 5.91 Å². The second kappa shape index (κ2) is 7.46. The van der Waals surface area contributed by atoms with E-state index in [-0.39, 0.29) is 12.5 Å². The number of hydrogen-bond acceptors (Lipinski definition) is 4. The quantitative estimate of drug-likeness (QED) is 0.806. The van der Waals surface area contributed by atoms with Gasteiger partial charge < -0.3 is 10.1 Å². The number of aromatic nitrogens is 2. The summed E-state index contributed by atoms with van der Waals surface area (Å²) in [4.78, 5) is 13.6. The molecule has 1 aromatic rings. The van der Waals surface area contributed by atoms with Crippen molar-refractivity contribution in [2.75, 3.05) is 32.8 Å². The lowest BCUT2D eigenvalue weighted by Gasteiger charge is -2.34. The van der Waals surface area contributed by atoms with E-state index in [1.165, 1.54) is 4.90 Å². The number of hydrogen-bond donors (Lipinski definition) is 1. The number of amides is 1. The van der Waals surface area contributed by atoms with Gasteiger partial charge >= 0.3 is 0 Å². The second-order valence-electron chi connectivity index (χ2n) is 5.00. The Kier molecular flexibility index (Phi) is 5.63. The predicted molar refractivity (Wildman–Crippen MR) is 72.1 cm³/mol. The maximum absolute atomic E-state index is 12.5. The summed E-state index contributed by atoms with van der Waals surface area (Å²) in [7, 11) is 1.82. The number of halogens is 2. The first-order valence-electron chi connectivity index (χ1n) is 6.92. The third-order valence-electron chi connectivity index (χ3n) is 3.36. The summed E-state index contributed by atoms with van der Waals surface area (Å²) in [5, 5.41) is 6.96. The molecule has 0 aliphatic carbocycles. The summed E-state index contributed by atoms with van der Waals surface area (Å²) < 4.78 is 31.9. The highest BCUT2D eigenvalue weighted by molar-refractivity contribution is 5.82. The van der Waals surface area contributed by atoms with E-state index in [1.807, 2.05) is 19.3 Å². The molecule has 0 unspecified atom stereocenters. The van der Waals surface area contributed by atoms with Crippen molar-refractivity contribution in [1.82, 2.24) is 20.0 Å². The van der Waals surface area contributed by atoms with Gasteiger partial charge in [-0.15, -0.1) is 0 Å². The van der Waals surface area contributed by atoms with Gasteiger partial charge in [0.15, 0.2) is 0 Å². The predicted octanol–water partition coefficient (Wildman–Crippen LogP) is 0.0447. The van der Waals surface area contributed by atoms with Crippen LogP contribution in [0.1, 0.15) is 5.69 Å². The van der Waals surface area contributed by atoms with E-state index in [0.717, 1.165) is 5.69 Å². The lowest BCUT2D eigenvalue weighted by atomic mass is 10.2. The van der Waals surface area contributed by atoms with Crippen molar-refractivity contribution in [3.05, 3.63) is 18.0 Å². The van der Waals surface area contributed by atoms with Crippen LogP contribution in [-0.2, 0) is 23.0 Å². The lowest BCUT2D eigenvalue weighted by molar-refractivity contribution is -0.133. The first-order valence-corrected chi connectivity index (χ1v) is 6.92. The topological polar surface area (TPSA) is 59.4 Å². The summed E-state index contributed by atoms with van der Waals surface area (Å²) >= 11 is 0. The second-order valence-corrected chi connectivity index (χ2v) is 5.00. The Bertz CT molecular complexity index is 467. The zero-order chi connectivity index (χ0) is 15.2. The SMILES string of the molecule is Cn1ccc(CCNC(=O)[C@@H]2COCCN2CC(F)F)n1. The molecule has 0 spiro atoms. The van der Waals surface area contributed by atoms with Gasteiger partial charge in [-0.2, -0.15) is 5.10 Å². The summed E-state index contributed by atoms with van der Waals surface area (Å²) in [5.41, 5.74) is 0.877. The summed E-state index contributed by atoms with van der Waals surface area (Å²) in [6.45, 7) is 0.909. The molecule has 0 bridgehead atoms. The molecule has 2 heterocycles. The zero-order valence-corrected chi connectivity index (χ0v) is 12.0. The van der Waals surface area contributed by atoms with Gasteiger partial charge in [-0.3, -0.25) is 14.4 Å². The van der Waals surface area contributed by atoms with Crippen LogP contribution in [0, 0.1) is 0 Å².